The standard InChI is InChI=1S/C2H2N2OS2/c3-1-4-7-2(5)6/h4H,(H,5,6). The molecule has 7 heavy (non-hydrogen) atoms. The summed E-state index contributed by atoms with van der Waals surface area (Å²) in [6.07, 6.45) is 1.56. The van der Waals surface area contributed by atoms with Gasteiger partial charge in [-0.15, -0.1) is 0 Å². The van der Waals surface area contributed by atoms with Gasteiger partial charge in [0.2, 0.25) is 4.38 Å². The van der Waals surface area contributed by atoms with E-state index < -0.39 is 0 Å². The van der Waals surface area contributed by atoms with Gasteiger partial charge in [0.1, 0.15) is 0 Å². The van der Waals surface area contributed by atoms with Crippen molar-refractivity contribution in [3.63, 3.8) is 0 Å². The minimum absolute atomic E-state index is 0.276. The van der Waals surface area contributed by atoms with Crippen molar-refractivity contribution >= 4 is 28.5 Å². The van der Waals surface area contributed by atoms with E-state index in [2.05, 4.69) is 16.9 Å². The number of nitrogens with one attached hydrogen (secondary N) is 1. The molecular weight excluding hydrogens is 132 g/mol. The van der Waals surface area contributed by atoms with Crippen molar-refractivity contribution in [2.75, 3.05) is 0 Å². The Kier molecular flexibility index (Phi) is 3.46. The van der Waals surface area contributed by atoms with Crippen LogP contribution >= 0.6 is 24.2 Å². The highest BCUT2D eigenvalue weighted by Gasteiger charge is 1.85. The lowest BCUT2D eigenvalue weighted by Crippen LogP contribution is -1.95. The Labute approximate surface area is 50.5 Å². The number of rotatable bonds is 1. The van der Waals surface area contributed by atoms with Crippen molar-refractivity contribution in [2.45, 2.75) is 0 Å². The van der Waals surface area contributed by atoms with Gasteiger partial charge in [0.15, 0.2) is 6.19 Å². The van der Waals surface area contributed by atoms with Crippen LogP contribution in [0, 0.1) is 11.5 Å². The minimum atomic E-state index is -0.276. The lowest BCUT2D eigenvalue weighted by molar-refractivity contribution is 0.585. The van der Waals surface area contributed by atoms with Gasteiger partial charge < -0.3 is 5.11 Å². The van der Waals surface area contributed by atoms with Gasteiger partial charge in [0, 0.05) is 11.9 Å². The summed E-state index contributed by atoms with van der Waals surface area (Å²) in [5, 5.41) is 15.9. The molecule has 0 radical (unpaired) electrons. The van der Waals surface area contributed by atoms with Gasteiger partial charge in [0.05, 0.1) is 0 Å². The number of hydrogen-bond donors (Lipinski definition) is 2. The molecule has 0 aromatic rings. The van der Waals surface area contributed by atoms with Gasteiger partial charge in [0.25, 0.3) is 0 Å². The molecule has 0 aromatic heterocycles. The number of aliphatic hydroxyl groups is 1. The number of thiocarbonyl (C=S) groups is 1. The van der Waals surface area contributed by atoms with Crippen molar-refractivity contribution in [2.24, 2.45) is 0 Å². The highest BCUT2D eigenvalue weighted by Crippen LogP contribution is 1.90. The molecule has 0 aliphatic rings. The Morgan fingerprint density at radius 1 is 2.00 bits per heavy atom. The summed E-state index contributed by atoms with van der Waals surface area (Å²) in [4.78, 5) is 0. The predicted molar refractivity (Wildman–Crippen MR) is 31.6 cm³/mol. The van der Waals surface area contributed by atoms with Crippen LogP contribution < -0.4 is 4.72 Å². The van der Waals surface area contributed by atoms with Crippen LogP contribution in [0.25, 0.3) is 0 Å². The Morgan fingerprint density at radius 2 is 2.57 bits per heavy atom. The highest BCUT2D eigenvalue weighted by atomic mass is 32.2. The smallest absolute Gasteiger partial charge is 0.239 e. The Hall–Kier alpha value is -0.470. The number of nitriles is 1. The van der Waals surface area contributed by atoms with E-state index >= 15 is 0 Å². The topological polar surface area (TPSA) is 56.0 Å². The van der Waals surface area contributed by atoms with E-state index in [1.165, 1.54) is 0 Å². The first-order valence-electron chi connectivity index (χ1n) is 1.31. The van der Waals surface area contributed by atoms with Crippen LogP contribution in [0.1, 0.15) is 0 Å². The van der Waals surface area contributed by atoms with E-state index in [0.717, 1.165) is 0 Å². The molecule has 5 heteroatoms. The fourth-order valence-corrected chi connectivity index (χ4v) is 0.324. The summed E-state index contributed by atoms with van der Waals surface area (Å²) in [7, 11) is 0. The largest absolute Gasteiger partial charge is 0.493 e. The van der Waals surface area contributed by atoms with Crippen molar-refractivity contribution in [3.05, 3.63) is 0 Å². The van der Waals surface area contributed by atoms with Crippen LogP contribution in [0.4, 0.5) is 0 Å². The third-order valence-electron chi connectivity index (χ3n) is 0.184. The van der Waals surface area contributed by atoms with Crippen LogP contribution in [0.3, 0.4) is 0 Å². The Morgan fingerprint density at radius 3 is 2.71 bits per heavy atom. The molecule has 0 atom stereocenters. The molecule has 2 N–H and O–H groups in total. The lowest BCUT2D eigenvalue weighted by Gasteiger charge is -1.85. The maximum absolute atomic E-state index is 8.16. The summed E-state index contributed by atoms with van der Waals surface area (Å²) in [5.41, 5.74) is 0. The number of aliphatic hydroxyl groups excluding tert-OH is 1. The molecule has 38 valence electrons. The first-order chi connectivity index (χ1) is 3.27. The Bertz CT molecular complexity index is 107. The molecule has 0 fully saturated rings. The highest BCUT2D eigenvalue weighted by molar-refractivity contribution is 8.21. The first kappa shape index (κ1) is 6.53. The van der Waals surface area contributed by atoms with Gasteiger partial charge in [-0.25, -0.2) is 0 Å². The zero-order valence-electron chi connectivity index (χ0n) is 3.21. The molecule has 0 aromatic carbocycles. The molecule has 0 amide bonds. The molecule has 0 spiro atoms. The average molecular weight is 134 g/mol. The summed E-state index contributed by atoms with van der Waals surface area (Å²) in [5.74, 6) is 0. The second kappa shape index (κ2) is 3.71. The van der Waals surface area contributed by atoms with Crippen molar-refractivity contribution in [1.29, 1.82) is 5.26 Å². The van der Waals surface area contributed by atoms with Crippen LogP contribution in [-0.2, 0) is 0 Å². The average Bonchev–Trinajstić information content (AvgIpc) is 1.61. The number of hydrogen-bond acceptors (Lipinski definition) is 4. The van der Waals surface area contributed by atoms with Gasteiger partial charge in [-0.2, -0.15) is 5.26 Å². The quantitative estimate of drug-likeness (QED) is 0.237. The van der Waals surface area contributed by atoms with Crippen LogP contribution in [0.2, 0.25) is 0 Å². The maximum atomic E-state index is 8.16. The fourth-order valence-electron chi connectivity index (χ4n) is 0.0665. The van der Waals surface area contributed by atoms with E-state index in [9.17, 15) is 0 Å². The molecule has 0 heterocycles. The van der Waals surface area contributed by atoms with Crippen LogP contribution in [-0.4, -0.2) is 9.49 Å². The van der Waals surface area contributed by atoms with Crippen LogP contribution in [0.5, 0.6) is 0 Å². The molecule has 0 aliphatic heterocycles. The van der Waals surface area contributed by atoms with Gasteiger partial charge in [-0.05, 0) is 12.2 Å². The lowest BCUT2D eigenvalue weighted by atomic mass is 11.5. The van der Waals surface area contributed by atoms with E-state index in [0.29, 0.717) is 11.9 Å². The molecule has 0 bridgehead atoms. The normalized spacial score (nSPS) is 6.71. The molecular formula is C2H2N2OS2. The maximum Gasteiger partial charge on any atom is 0.239 e. The summed E-state index contributed by atoms with van der Waals surface area (Å²) in [6.45, 7) is 0. The monoisotopic (exact) mass is 134 g/mol. The Balaban J connectivity index is 3.02. The fraction of sp³-hybridized carbons (Fsp3) is 0. The minimum Gasteiger partial charge on any atom is -0.493 e. The SMILES string of the molecule is N#CNSC(O)=S. The van der Waals surface area contributed by atoms with Gasteiger partial charge >= 0.3 is 0 Å². The summed E-state index contributed by atoms with van der Waals surface area (Å²) < 4.78 is 1.80. The van der Waals surface area contributed by atoms with E-state index in [-0.39, 0.29) is 4.38 Å². The van der Waals surface area contributed by atoms with E-state index in [4.69, 9.17) is 10.4 Å². The van der Waals surface area contributed by atoms with Crippen molar-refractivity contribution in [3.8, 4) is 6.19 Å². The first-order valence-corrected chi connectivity index (χ1v) is 2.53. The van der Waals surface area contributed by atoms with Crippen LogP contribution in [0.15, 0.2) is 0 Å². The zero-order valence-corrected chi connectivity index (χ0v) is 4.84. The summed E-state index contributed by atoms with van der Waals surface area (Å²) in [6, 6.07) is 0. The third-order valence-corrected chi connectivity index (χ3v) is 0.802. The number of nitrogens with zero attached hydrogens (tertiary/aromatic N) is 1. The third kappa shape index (κ3) is 5.53. The molecule has 0 rings (SSSR count). The zero-order chi connectivity index (χ0) is 5.70. The molecule has 0 unspecified atom stereocenters. The predicted octanol–water partition coefficient (Wildman–Crippen LogP) is 0.548. The molecule has 3 nitrogen and oxygen atoms in total. The van der Waals surface area contributed by atoms with E-state index in [1.807, 2.05) is 0 Å². The van der Waals surface area contributed by atoms with Gasteiger partial charge in [-0.1, -0.05) is 0 Å². The molecule has 0 aliphatic carbocycles. The molecule has 0 saturated carbocycles. The van der Waals surface area contributed by atoms with Crippen molar-refractivity contribution < 1.29 is 5.11 Å². The second-order valence-electron chi connectivity index (χ2n) is 0.582. The molecule has 0 saturated heterocycles. The van der Waals surface area contributed by atoms with E-state index in [1.54, 1.807) is 6.19 Å². The summed E-state index contributed by atoms with van der Waals surface area (Å²) >= 11 is 4.87. The second-order valence-corrected chi connectivity index (χ2v) is 2.02. The van der Waals surface area contributed by atoms with Gasteiger partial charge in [-0.3, -0.25) is 4.72 Å². The van der Waals surface area contributed by atoms with Crippen molar-refractivity contribution in [1.82, 2.24) is 4.72 Å².